The zero-order valence-electron chi connectivity index (χ0n) is 69.6. The molecule has 0 radical (unpaired) electrons. The van der Waals surface area contributed by atoms with E-state index in [1.54, 1.807) is 0 Å². The molecule has 11 heteroatoms. The number of benzene rings is 6. The molecule has 0 aliphatic carbocycles. The number of phenols is 2. The van der Waals surface area contributed by atoms with Gasteiger partial charge in [-0.25, -0.2) is 0 Å². The molecule has 0 bridgehead atoms. The van der Waals surface area contributed by atoms with Gasteiger partial charge in [0.05, 0.1) is 13.0 Å². The van der Waals surface area contributed by atoms with Gasteiger partial charge in [-0.15, -0.1) is 0 Å². The van der Waals surface area contributed by atoms with Crippen LogP contribution in [0.1, 0.15) is 340 Å². The molecule has 0 spiro atoms. The summed E-state index contributed by atoms with van der Waals surface area (Å²) in [5.41, 5.74) is 16.5. The Morgan fingerprint density at radius 2 is 0.535 bits per heavy atom. The fourth-order valence-corrected chi connectivity index (χ4v) is 15.0. The van der Waals surface area contributed by atoms with Gasteiger partial charge >= 0.3 is 22.4 Å². The lowest BCUT2D eigenvalue weighted by Crippen LogP contribution is -2.18. The van der Waals surface area contributed by atoms with Crippen molar-refractivity contribution in [2.45, 2.75) is 340 Å². The van der Waals surface area contributed by atoms with Crippen molar-refractivity contribution in [3.05, 3.63) is 151 Å². The van der Waals surface area contributed by atoms with Crippen molar-refractivity contribution < 1.29 is 40.8 Å². The van der Waals surface area contributed by atoms with Crippen LogP contribution < -0.4 is 9.05 Å². The number of carbonyl (C=O) groups is 1. The minimum atomic E-state index is -2.14. The largest absolute Gasteiger partial charge is 0.507 e. The lowest BCUT2D eigenvalue weighted by atomic mass is 9.77. The number of carbonyl (C=O) groups excluding carboxylic acids is 1. The summed E-state index contributed by atoms with van der Waals surface area (Å²) >= 11 is 0. The average molecular weight is 1420 g/mol. The Balaban J connectivity index is 0.000000283. The third-order valence-corrected chi connectivity index (χ3v) is 21.5. The van der Waals surface area contributed by atoms with Crippen LogP contribution >= 0.6 is 16.5 Å². The molecule has 9 nitrogen and oxygen atoms in total. The van der Waals surface area contributed by atoms with Gasteiger partial charge in [0.15, 0.2) is 0 Å². The van der Waals surface area contributed by atoms with E-state index < -0.39 is 16.5 Å². The van der Waals surface area contributed by atoms with Gasteiger partial charge in [-0.3, -0.25) is 9.32 Å². The summed E-state index contributed by atoms with van der Waals surface area (Å²) in [6.45, 7) is 79.8. The van der Waals surface area contributed by atoms with E-state index in [-0.39, 0.29) is 77.4 Å². The molecule has 8 rings (SSSR count). The Labute approximate surface area is 612 Å². The van der Waals surface area contributed by atoms with Gasteiger partial charge in [0, 0.05) is 43.8 Å². The first-order valence-electron chi connectivity index (χ1n) is 37.0. The van der Waals surface area contributed by atoms with E-state index in [2.05, 4.69) is 310 Å². The van der Waals surface area contributed by atoms with Crippen molar-refractivity contribution in [1.29, 1.82) is 0 Å². The van der Waals surface area contributed by atoms with E-state index in [1.165, 1.54) is 38.9 Å². The van der Waals surface area contributed by atoms with Gasteiger partial charge in [0.1, 0.15) is 33.8 Å². The van der Waals surface area contributed by atoms with Crippen molar-refractivity contribution in [1.82, 2.24) is 0 Å². The summed E-state index contributed by atoms with van der Waals surface area (Å²) < 4.78 is 40.3. The predicted octanol–water partition coefficient (Wildman–Crippen LogP) is 27.2. The first-order chi connectivity index (χ1) is 45.4. The van der Waals surface area contributed by atoms with Crippen LogP contribution in [0.2, 0.25) is 0 Å². The minimum absolute atomic E-state index is 0.0496. The summed E-state index contributed by atoms with van der Waals surface area (Å²) in [6.07, 6.45) is 2.24. The first kappa shape index (κ1) is 82.4. The number of aryl methyl sites for hydroxylation is 2. The quantitative estimate of drug-likeness (QED) is 0.136. The molecule has 0 saturated carbocycles. The monoisotopic (exact) mass is 1420 g/mol. The standard InChI is InChI=1S/C45H65O5P.C45H67O4P/c1-40(2,3)28-23-30-31-24-29(41(4,5)6)26-35(45(16,17)18)39(31)50-51(49-38(30)34(25-28)44(13,14)15)48-36(46)20-19-27-21-32(42(7,8)9)37(47)33(22-27)43(10,11)12;1-40(2,3)29-24-31-32-25-30(41(4,5)6)27-36(45(16,17)18)39(32)49-50(48-38(31)35(26-29)44(13,14)15)47-21-19-20-28-22-33(42(7,8)9)37(46)34(23-28)43(10,11)12/h21-26,47H,19-20H2,1-18H3;22-27,46H,19-21H2,1-18H3. The molecule has 556 valence electrons. The van der Waals surface area contributed by atoms with Crippen LogP contribution in [-0.4, -0.2) is 22.8 Å². The molecule has 0 amide bonds. The van der Waals surface area contributed by atoms with E-state index >= 15 is 0 Å². The highest BCUT2D eigenvalue weighted by molar-refractivity contribution is 7.32. The zero-order valence-corrected chi connectivity index (χ0v) is 71.4. The van der Waals surface area contributed by atoms with Crippen molar-refractivity contribution in [3.8, 4) is 11.5 Å². The Morgan fingerprint density at radius 3 is 0.762 bits per heavy atom. The molecule has 2 heterocycles. The molecule has 0 saturated heterocycles. The maximum atomic E-state index is 13.8. The van der Waals surface area contributed by atoms with Crippen LogP contribution in [0.4, 0.5) is 0 Å². The number of fused-ring (bicyclic) bond motifs is 6. The fourth-order valence-electron chi connectivity index (χ4n) is 12.8. The molecule has 0 unspecified atom stereocenters. The predicted molar refractivity (Wildman–Crippen MR) is 433 cm³/mol. The summed E-state index contributed by atoms with van der Waals surface area (Å²) in [5.74, 6) is 0.358. The zero-order chi connectivity index (χ0) is 76.9. The number of aromatic hydroxyl groups is 2. The van der Waals surface area contributed by atoms with E-state index in [1.807, 2.05) is 12.1 Å². The van der Waals surface area contributed by atoms with Crippen LogP contribution in [0, 0.1) is 0 Å². The lowest BCUT2D eigenvalue weighted by molar-refractivity contribution is -0.131. The van der Waals surface area contributed by atoms with Crippen LogP contribution in [0.15, 0.2) is 89.6 Å². The summed E-state index contributed by atoms with van der Waals surface area (Å²) in [4.78, 5) is 13.8. The normalized spacial score (nSPS) is 13.7. The van der Waals surface area contributed by atoms with E-state index in [0.717, 1.165) is 84.5 Å². The fraction of sp³-hybridized carbons (Fsp3) is 0.589. The van der Waals surface area contributed by atoms with Crippen LogP contribution in [0.3, 0.4) is 0 Å². The molecule has 0 atom stereocenters. The summed E-state index contributed by atoms with van der Waals surface area (Å²) in [6, 6.07) is 26.7. The van der Waals surface area contributed by atoms with Crippen molar-refractivity contribution >= 4 is 66.3 Å². The Bertz CT molecular complexity index is 4200. The maximum Gasteiger partial charge on any atom is 0.455 e. The molecular weight excluding hydrogens is 1290 g/mol. The molecule has 101 heavy (non-hydrogen) atoms. The van der Waals surface area contributed by atoms with Gasteiger partial charge in [-0.1, -0.05) is 298 Å². The van der Waals surface area contributed by atoms with Crippen LogP contribution in [0.25, 0.3) is 43.9 Å². The van der Waals surface area contributed by atoms with Crippen molar-refractivity contribution in [2.24, 2.45) is 0 Å². The van der Waals surface area contributed by atoms with Gasteiger partial charge in [-0.2, -0.15) is 0 Å². The highest BCUT2D eigenvalue weighted by atomic mass is 31.1. The molecule has 2 N–H and O–H groups in total. The molecule has 0 fully saturated rings. The van der Waals surface area contributed by atoms with Gasteiger partial charge in [-0.05, 0) is 164 Å². The highest BCUT2D eigenvalue weighted by Gasteiger charge is 2.34. The number of phenolic OH excluding ortho intramolecular Hbond substituents is 2. The minimum Gasteiger partial charge on any atom is -0.507 e. The highest BCUT2D eigenvalue weighted by Crippen LogP contribution is 2.49. The lowest BCUT2D eigenvalue weighted by Gasteiger charge is -2.28. The first-order valence-corrected chi connectivity index (χ1v) is 39.2. The Hall–Kier alpha value is -5.85. The summed E-state index contributed by atoms with van der Waals surface area (Å²) in [7, 11) is -3.89. The Kier molecular flexibility index (Phi) is 23.0. The third-order valence-electron chi connectivity index (χ3n) is 19.5. The number of rotatable bonds is 9. The topological polar surface area (TPSA) is 129 Å². The second-order valence-electron chi connectivity index (χ2n) is 41.4. The van der Waals surface area contributed by atoms with E-state index in [0.29, 0.717) is 35.7 Å². The molecular formula is C90H132O9P2. The second kappa shape index (κ2) is 28.2. The third kappa shape index (κ3) is 19.6. The molecule has 6 aromatic carbocycles. The molecule has 0 aliphatic rings. The number of hydrogen-bond acceptors (Lipinski definition) is 9. The van der Waals surface area contributed by atoms with E-state index in [9.17, 15) is 15.0 Å². The SMILES string of the molecule is CC(C)(C)c1cc(C(C)(C)C)c2op(OC(=O)CCc3cc(C(C)(C)C)c(O)c(C(C)(C)C)c3)oc3c(C(C)(C)C)cc(C(C)(C)C)cc3c2c1.CC(C)(C)c1cc(C(C)(C)C)c2op(OCCCc3cc(C(C)(C)C)c(O)c(C(C)(C)C)c3)oc3c(C(C)(C)C)cc(C(C)(C)C)cc3c2c1. The molecule has 8 aromatic rings. The molecule has 0 aliphatic heterocycles. The van der Waals surface area contributed by atoms with Crippen molar-refractivity contribution in [3.63, 3.8) is 0 Å². The Morgan fingerprint density at radius 1 is 0.307 bits per heavy atom. The average Bonchev–Trinajstić information content (AvgIpc) is 1.71. The van der Waals surface area contributed by atoms with Gasteiger partial charge in [0.2, 0.25) is 0 Å². The second-order valence-corrected chi connectivity index (χ2v) is 43.5. The van der Waals surface area contributed by atoms with E-state index in [4.69, 9.17) is 25.8 Å². The van der Waals surface area contributed by atoms with Gasteiger partial charge < -0.3 is 31.5 Å². The summed E-state index contributed by atoms with van der Waals surface area (Å²) in [5, 5.41) is 26.6. The van der Waals surface area contributed by atoms with Crippen LogP contribution in [0.5, 0.6) is 11.5 Å². The van der Waals surface area contributed by atoms with Crippen LogP contribution in [-0.2, 0) is 82.6 Å². The smallest absolute Gasteiger partial charge is 0.455 e. The van der Waals surface area contributed by atoms with Crippen molar-refractivity contribution in [2.75, 3.05) is 6.61 Å². The van der Waals surface area contributed by atoms with Gasteiger partial charge in [0.25, 0.3) is 0 Å². The molecule has 2 aromatic heterocycles. The maximum absolute atomic E-state index is 13.8. The number of hydrogen-bond donors (Lipinski definition) is 2.